The van der Waals surface area contributed by atoms with Crippen molar-refractivity contribution in [1.29, 1.82) is 5.26 Å². The summed E-state index contributed by atoms with van der Waals surface area (Å²) in [5.41, 5.74) is -1.33. The van der Waals surface area contributed by atoms with Gasteiger partial charge in [0.25, 0.3) is 0 Å². The lowest BCUT2D eigenvalue weighted by molar-refractivity contribution is -0.137. The third-order valence-corrected chi connectivity index (χ3v) is 6.40. The monoisotopic (exact) mass is 486 g/mol. The maximum atomic E-state index is 13.0. The van der Waals surface area contributed by atoms with Gasteiger partial charge in [-0.2, -0.15) is 23.5 Å². The van der Waals surface area contributed by atoms with Crippen LogP contribution in [-0.4, -0.2) is 42.5 Å². The number of rotatable bonds is 7. The standard InChI is InChI=1S/C16H15Cl2F3N4O2S2/c1-3-29(27)14-12(8-22)24-25(15(14)23-4-5-28(2)26)13-10(17)6-9(7-11(13)18)16(19,20)21/h6-7,23H,3-5H2,1-2H3. The number of hydrogen-bond acceptors (Lipinski definition) is 5. The molecule has 0 saturated carbocycles. The molecule has 1 N–H and O–H groups in total. The number of aromatic nitrogens is 2. The molecule has 0 radical (unpaired) electrons. The second kappa shape index (κ2) is 9.47. The Morgan fingerprint density at radius 3 is 2.31 bits per heavy atom. The van der Waals surface area contributed by atoms with Crippen molar-refractivity contribution >= 4 is 50.6 Å². The molecule has 6 nitrogen and oxygen atoms in total. The molecule has 0 saturated heterocycles. The molecule has 0 fully saturated rings. The van der Waals surface area contributed by atoms with Gasteiger partial charge in [-0.3, -0.25) is 8.42 Å². The van der Waals surface area contributed by atoms with Gasteiger partial charge in [-0.15, -0.1) is 0 Å². The smallest absolute Gasteiger partial charge is 0.368 e. The molecule has 2 atom stereocenters. The van der Waals surface area contributed by atoms with Crippen LogP contribution in [-0.2, 0) is 27.8 Å². The van der Waals surface area contributed by atoms with Crippen molar-refractivity contribution in [3.8, 4) is 11.8 Å². The molecule has 2 unspecified atom stereocenters. The van der Waals surface area contributed by atoms with Crippen LogP contribution in [0.1, 0.15) is 18.2 Å². The van der Waals surface area contributed by atoms with Gasteiger partial charge in [0.05, 0.1) is 26.4 Å². The van der Waals surface area contributed by atoms with Crippen LogP contribution < -0.4 is 5.32 Å². The van der Waals surface area contributed by atoms with Crippen LogP contribution in [0, 0.1) is 11.3 Å². The Morgan fingerprint density at radius 1 is 1.28 bits per heavy atom. The second-order valence-corrected chi connectivity index (χ2v) is 9.72. The molecule has 0 bridgehead atoms. The molecule has 29 heavy (non-hydrogen) atoms. The van der Waals surface area contributed by atoms with Crippen molar-refractivity contribution < 1.29 is 21.6 Å². The highest BCUT2D eigenvalue weighted by Crippen LogP contribution is 2.39. The molecule has 13 heteroatoms. The van der Waals surface area contributed by atoms with Crippen LogP contribution in [0.4, 0.5) is 19.0 Å². The lowest BCUT2D eigenvalue weighted by atomic mass is 10.2. The Kier molecular flexibility index (Phi) is 7.73. The van der Waals surface area contributed by atoms with Gasteiger partial charge in [-0.05, 0) is 12.1 Å². The molecule has 0 spiro atoms. The Bertz CT molecular complexity index is 996. The zero-order valence-electron chi connectivity index (χ0n) is 15.1. The summed E-state index contributed by atoms with van der Waals surface area (Å²) < 4.78 is 64.0. The molecule has 1 heterocycles. The molecule has 2 rings (SSSR count). The first-order chi connectivity index (χ1) is 13.5. The summed E-state index contributed by atoms with van der Waals surface area (Å²) in [5.74, 6) is 0.499. The maximum Gasteiger partial charge on any atom is 0.416 e. The minimum atomic E-state index is -4.66. The van der Waals surface area contributed by atoms with Crippen molar-refractivity contribution in [2.45, 2.75) is 18.0 Å². The quantitative estimate of drug-likeness (QED) is 0.639. The molecular formula is C16H15Cl2F3N4O2S2. The number of anilines is 1. The summed E-state index contributed by atoms with van der Waals surface area (Å²) >= 11 is 12.1. The van der Waals surface area contributed by atoms with E-state index in [1.54, 1.807) is 6.92 Å². The summed E-state index contributed by atoms with van der Waals surface area (Å²) in [6, 6.07) is 3.21. The van der Waals surface area contributed by atoms with Crippen LogP contribution in [0.3, 0.4) is 0 Å². The van der Waals surface area contributed by atoms with Gasteiger partial charge in [0.2, 0.25) is 0 Å². The average molecular weight is 487 g/mol. The van der Waals surface area contributed by atoms with Gasteiger partial charge in [-0.25, -0.2) is 4.68 Å². The Hall–Kier alpha value is -1.61. The number of halogens is 5. The van der Waals surface area contributed by atoms with E-state index in [1.807, 2.05) is 6.07 Å². The van der Waals surface area contributed by atoms with E-state index in [9.17, 15) is 26.9 Å². The molecule has 2 aromatic rings. The van der Waals surface area contributed by atoms with Crippen LogP contribution in [0.5, 0.6) is 0 Å². The van der Waals surface area contributed by atoms with Gasteiger partial charge in [-0.1, -0.05) is 30.1 Å². The summed E-state index contributed by atoms with van der Waals surface area (Å²) in [7, 11) is -2.76. The highest BCUT2D eigenvalue weighted by Gasteiger charge is 2.33. The average Bonchev–Trinajstić information content (AvgIpc) is 2.97. The highest BCUT2D eigenvalue weighted by atomic mass is 35.5. The topological polar surface area (TPSA) is 87.8 Å². The largest absolute Gasteiger partial charge is 0.416 e. The molecule has 0 amide bonds. The zero-order chi connectivity index (χ0) is 21.9. The summed E-state index contributed by atoms with van der Waals surface area (Å²) in [5, 5.41) is 15.6. The highest BCUT2D eigenvalue weighted by molar-refractivity contribution is 7.85. The first-order valence-corrected chi connectivity index (χ1v) is 11.8. The molecule has 0 aliphatic carbocycles. The number of nitrogens with one attached hydrogen (secondary N) is 1. The van der Waals surface area contributed by atoms with Crippen LogP contribution in [0.25, 0.3) is 5.69 Å². The molecule has 1 aromatic heterocycles. The number of alkyl halides is 3. The van der Waals surface area contributed by atoms with E-state index in [2.05, 4.69) is 10.4 Å². The van der Waals surface area contributed by atoms with Gasteiger partial charge < -0.3 is 5.32 Å². The third kappa shape index (κ3) is 5.31. The lowest BCUT2D eigenvalue weighted by Gasteiger charge is -2.15. The Labute approximate surface area is 179 Å². The Balaban J connectivity index is 2.72. The van der Waals surface area contributed by atoms with Crippen molar-refractivity contribution in [3.05, 3.63) is 33.4 Å². The zero-order valence-corrected chi connectivity index (χ0v) is 18.3. The van der Waals surface area contributed by atoms with Crippen LogP contribution >= 0.6 is 23.2 Å². The van der Waals surface area contributed by atoms with Gasteiger partial charge in [0.1, 0.15) is 22.5 Å². The lowest BCUT2D eigenvalue weighted by Crippen LogP contribution is -2.15. The molecule has 1 aromatic carbocycles. The van der Waals surface area contributed by atoms with Crippen molar-refractivity contribution in [2.75, 3.05) is 29.6 Å². The predicted molar refractivity (Wildman–Crippen MR) is 108 cm³/mol. The first-order valence-electron chi connectivity index (χ1n) is 8.03. The molecule has 0 aliphatic rings. The number of nitriles is 1. The van der Waals surface area contributed by atoms with E-state index in [0.717, 1.165) is 4.68 Å². The van der Waals surface area contributed by atoms with Crippen LogP contribution in [0.15, 0.2) is 17.0 Å². The van der Waals surface area contributed by atoms with E-state index in [1.165, 1.54) is 6.26 Å². The van der Waals surface area contributed by atoms with E-state index in [0.29, 0.717) is 12.1 Å². The maximum absolute atomic E-state index is 13.0. The third-order valence-electron chi connectivity index (χ3n) is 3.68. The van der Waals surface area contributed by atoms with Gasteiger partial charge in [0.15, 0.2) is 5.69 Å². The normalized spacial score (nSPS) is 13.7. The minimum Gasteiger partial charge on any atom is -0.368 e. The SMILES string of the molecule is CCS(=O)c1c(C#N)nn(-c2c(Cl)cc(C(F)(F)F)cc2Cl)c1NCCS(C)=O. The summed E-state index contributed by atoms with van der Waals surface area (Å²) in [6.45, 7) is 1.81. The fourth-order valence-electron chi connectivity index (χ4n) is 2.40. The number of hydrogen-bond donors (Lipinski definition) is 1. The van der Waals surface area contributed by atoms with Gasteiger partial charge >= 0.3 is 6.18 Å². The molecule has 0 aliphatic heterocycles. The molecule has 158 valence electrons. The van der Waals surface area contributed by atoms with Crippen molar-refractivity contribution in [1.82, 2.24) is 9.78 Å². The van der Waals surface area contributed by atoms with Crippen molar-refractivity contribution in [2.24, 2.45) is 0 Å². The van der Waals surface area contributed by atoms with Crippen molar-refractivity contribution in [3.63, 3.8) is 0 Å². The van der Waals surface area contributed by atoms with E-state index in [4.69, 9.17) is 23.2 Å². The fourth-order valence-corrected chi connectivity index (χ4v) is 4.40. The van der Waals surface area contributed by atoms with E-state index in [-0.39, 0.29) is 50.2 Å². The van der Waals surface area contributed by atoms with E-state index >= 15 is 0 Å². The summed E-state index contributed by atoms with van der Waals surface area (Å²) in [4.78, 5) is 0.0731. The fraction of sp³-hybridized carbons (Fsp3) is 0.375. The Morgan fingerprint density at radius 2 is 1.86 bits per heavy atom. The second-order valence-electron chi connectivity index (χ2n) is 5.67. The first kappa shape index (κ1) is 23.7. The molecular weight excluding hydrogens is 472 g/mol. The summed E-state index contributed by atoms with van der Waals surface area (Å²) in [6.07, 6.45) is -3.16. The van der Waals surface area contributed by atoms with Gasteiger partial charge in [0, 0.05) is 35.1 Å². The number of benzene rings is 1. The predicted octanol–water partition coefficient (Wildman–Crippen LogP) is 3.99. The van der Waals surface area contributed by atoms with Crippen LogP contribution in [0.2, 0.25) is 10.0 Å². The van der Waals surface area contributed by atoms with E-state index < -0.39 is 33.3 Å². The minimum absolute atomic E-state index is 0.0731. The number of nitrogens with zero attached hydrogens (tertiary/aromatic N) is 3.